The minimum atomic E-state index is -1.01. The Balaban J connectivity index is 1.78. The summed E-state index contributed by atoms with van der Waals surface area (Å²) in [6.45, 7) is 0.524. The molecule has 0 unspecified atom stereocenters. The molecule has 1 amide bonds. The van der Waals surface area contributed by atoms with Gasteiger partial charge in [0.15, 0.2) is 0 Å². The Hall–Kier alpha value is -3.12. The van der Waals surface area contributed by atoms with E-state index in [4.69, 9.17) is 9.84 Å². The summed E-state index contributed by atoms with van der Waals surface area (Å²) in [6, 6.07) is 17.6. The van der Waals surface area contributed by atoms with E-state index in [1.165, 1.54) is 17.0 Å². The number of hydrogen-bond donors (Lipinski definition) is 1. The van der Waals surface area contributed by atoms with Crippen molar-refractivity contribution >= 4 is 29.1 Å². The van der Waals surface area contributed by atoms with Crippen molar-refractivity contribution < 1.29 is 19.4 Å². The summed E-state index contributed by atoms with van der Waals surface area (Å²) in [5.41, 5.74) is 2.63. The van der Waals surface area contributed by atoms with Gasteiger partial charge in [0.1, 0.15) is 6.61 Å². The fourth-order valence-corrected chi connectivity index (χ4v) is 3.07. The van der Waals surface area contributed by atoms with E-state index in [0.29, 0.717) is 12.2 Å². The Labute approximate surface area is 155 Å². The normalized spacial score (nSPS) is 10.3. The molecule has 3 aromatic rings. The van der Waals surface area contributed by atoms with E-state index in [0.717, 1.165) is 11.1 Å². The number of carbonyl (C=O) groups is 2. The Morgan fingerprint density at radius 2 is 1.69 bits per heavy atom. The molecule has 0 aliphatic carbocycles. The molecule has 0 bridgehead atoms. The highest BCUT2D eigenvalue weighted by Gasteiger charge is 2.19. The Kier molecular flexibility index (Phi) is 5.66. The third kappa shape index (κ3) is 4.49. The smallest absolute Gasteiger partial charge is 0.414 e. The third-order valence-corrected chi connectivity index (χ3v) is 4.50. The van der Waals surface area contributed by atoms with Crippen molar-refractivity contribution in [2.45, 2.75) is 13.2 Å². The summed E-state index contributed by atoms with van der Waals surface area (Å²) in [5, 5.41) is 12.9. The summed E-state index contributed by atoms with van der Waals surface area (Å²) in [4.78, 5) is 25.2. The minimum absolute atomic E-state index is 0.168. The van der Waals surface area contributed by atoms with Crippen molar-refractivity contribution in [3.05, 3.63) is 88.1 Å². The van der Waals surface area contributed by atoms with Crippen LogP contribution in [-0.4, -0.2) is 17.2 Å². The molecule has 0 saturated heterocycles. The van der Waals surface area contributed by atoms with Crippen molar-refractivity contribution in [2.75, 3.05) is 4.90 Å². The lowest BCUT2D eigenvalue weighted by Gasteiger charge is -2.22. The first-order valence-electron chi connectivity index (χ1n) is 7.96. The molecule has 0 aliphatic heterocycles. The van der Waals surface area contributed by atoms with Crippen LogP contribution >= 0.6 is 11.3 Å². The van der Waals surface area contributed by atoms with Crippen molar-refractivity contribution in [3.63, 3.8) is 0 Å². The van der Waals surface area contributed by atoms with Gasteiger partial charge in [-0.1, -0.05) is 30.3 Å². The van der Waals surface area contributed by atoms with Gasteiger partial charge in [0.05, 0.1) is 12.1 Å². The number of aromatic carboxylic acids is 1. The van der Waals surface area contributed by atoms with Crippen molar-refractivity contribution in [3.8, 4) is 0 Å². The lowest BCUT2D eigenvalue weighted by atomic mass is 10.2. The average Bonchev–Trinajstić information content (AvgIpc) is 3.18. The number of carbonyl (C=O) groups excluding carboxylic acids is 1. The van der Waals surface area contributed by atoms with Gasteiger partial charge >= 0.3 is 12.1 Å². The first kappa shape index (κ1) is 17.7. The molecule has 1 N–H and O–H groups in total. The molecule has 1 heterocycles. The van der Waals surface area contributed by atoms with Gasteiger partial charge in [-0.25, -0.2) is 9.59 Å². The molecule has 0 aliphatic rings. The summed E-state index contributed by atoms with van der Waals surface area (Å²) in [5.74, 6) is -1.01. The van der Waals surface area contributed by atoms with Crippen LogP contribution in [0.1, 0.15) is 21.5 Å². The maximum atomic E-state index is 12.7. The number of benzene rings is 2. The quantitative estimate of drug-likeness (QED) is 0.680. The average molecular weight is 367 g/mol. The van der Waals surface area contributed by atoms with Crippen molar-refractivity contribution in [1.82, 2.24) is 0 Å². The van der Waals surface area contributed by atoms with E-state index >= 15 is 0 Å². The fourth-order valence-electron chi connectivity index (χ4n) is 2.41. The zero-order chi connectivity index (χ0) is 18.4. The summed E-state index contributed by atoms with van der Waals surface area (Å²) in [7, 11) is 0. The van der Waals surface area contributed by atoms with Crippen LogP contribution in [-0.2, 0) is 17.9 Å². The maximum Gasteiger partial charge on any atom is 0.414 e. The number of ether oxygens (including phenoxy) is 1. The highest BCUT2D eigenvalue weighted by Crippen LogP contribution is 2.21. The number of rotatable bonds is 6. The van der Waals surface area contributed by atoms with Gasteiger partial charge in [-0.2, -0.15) is 11.3 Å². The summed E-state index contributed by atoms with van der Waals surface area (Å²) >= 11 is 1.55. The van der Waals surface area contributed by atoms with E-state index in [1.807, 2.05) is 47.2 Å². The zero-order valence-electron chi connectivity index (χ0n) is 13.9. The molecule has 6 heteroatoms. The molecule has 2 aromatic carbocycles. The van der Waals surface area contributed by atoms with Crippen LogP contribution in [0.4, 0.5) is 10.5 Å². The Morgan fingerprint density at radius 3 is 2.31 bits per heavy atom. The van der Waals surface area contributed by atoms with E-state index in [1.54, 1.807) is 23.5 Å². The number of anilines is 1. The van der Waals surface area contributed by atoms with Crippen LogP contribution in [0, 0.1) is 0 Å². The molecule has 3 rings (SSSR count). The van der Waals surface area contributed by atoms with E-state index in [-0.39, 0.29) is 12.2 Å². The van der Waals surface area contributed by atoms with E-state index < -0.39 is 12.1 Å². The number of carboxylic acids is 1. The lowest BCUT2D eigenvalue weighted by molar-refractivity contribution is 0.0697. The predicted molar refractivity (Wildman–Crippen MR) is 101 cm³/mol. The zero-order valence-corrected chi connectivity index (χ0v) is 14.7. The largest absolute Gasteiger partial charge is 0.478 e. The van der Waals surface area contributed by atoms with E-state index in [9.17, 15) is 9.59 Å². The summed E-state index contributed by atoms with van der Waals surface area (Å²) < 4.78 is 5.45. The first-order valence-corrected chi connectivity index (χ1v) is 8.90. The number of amides is 1. The minimum Gasteiger partial charge on any atom is -0.478 e. The van der Waals surface area contributed by atoms with Crippen molar-refractivity contribution in [2.24, 2.45) is 0 Å². The molecule has 0 saturated carbocycles. The molecule has 0 atom stereocenters. The van der Waals surface area contributed by atoms with Crippen LogP contribution in [0.15, 0.2) is 71.4 Å². The van der Waals surface area contributed by atoms with Gasteiger partial charge in [0.2, 0.25) is 0 Å². The topological polar surface area (TPSA) is 66.8 Å². The molecule has 26 heavy (non-hydrogen) atoms. The molecular weight excluding hydrogens is 350 g/mol. The number of hydrogen-bond acceptors (Lipinski definition) is 4. The fraction of sp³-hybridized carbons (Fsp3) is 0.100. The van der Waals surface area contributed by atoms with Gasteiger partial charge in [0, 0.05) is 5.69 Å². The number of nitrogens with zero attached hydrogens (tertiary/aromatic N) is 1. The second kappa shape index (κ2) is 8.31. The predicted octanol–water partition coefficient (Wildman–Crippen LogP) is 4.79. The van der Waals surface area contributed by atoms with Crippen LogP contribution < -0.4 is 4.90 Å². The monoisotopic (exact) mass is 367 g/mol. The highest BCUT2D eigenvalue weighted by molar-refractivity contribution is 7.07. The standard InChI is InChI=1S/C20H17NO4S/c22-19(23)17-6-8-18(9-7-17)21(12-16-10-11-26-14-16)20(24)25-13-15-4-2-1-3-5-15/h1-11,14H,12-13H2,(H,22,23). The Bertz CT molecular complexity index is 861. The van der Waals surface area contributed by atoms with Crippen molar-refractivity contribution in [1.29, 1.82) is 0 Å². The molecular formula is C20H17NO4S. The van der Waals surface area contributed by atoms with Gasteiger partial charge in [0.25, 0.3) is 0 Å². The maximum absolute atomic E-state index is 12.7. The molecule has 0 spiro atoms. The van der Waals surface area contributed by atoms with Crippen LogP contribution in [0.5, 0.6) is 0 Å². The first-order chi connectivity index (χ1) is 12.6. The molecule has 0 radical (unpaired) electrons. The lowest BCUT2D eigenvalue weighted by Crippen LogP contribution is -2.30. The van der Waals surface area contributed by atoms with Crippen LogP contribution in [0.2, 0.25) is 0 Å². The van der Waals surface area contributed by atoms with Gasteiger partial charge in [-0.3, -0.25) is 4.90 Å². The molecule has 132 valence electrons. The van der Waals surface area contributed by atoms with Gasteiger partial charge < -0.3 is 9.84 Å². The summed E-state index contributed by atoms with van der Waals surface area (Å²) in [6.07, 6.45) is -0.483. The second-order valence-electron chi connectivity index (χ2n) is 5.61. The number of thiophene rings is 1. The highest BCUT2D eigenvalue weighted by atomic mass is 32.1. The van der Waals surface area contributed by atoms with Gasteiger partial charge in [-0.05, 0) is 52.2 Å². The SMILES string of the molecule is O=C(O)c1ccc(N(Cc2ccsc2)C(=O)OCc2ccccc2)cc1. The molecule has 1 aromatic heterocycles. The Morgan fingerprint density at radius 1 is 0.962 bits per heavy atom. The van der Waals surface area contributed by atoms with Crippen LogP contribution in [0.25, 0.3) is 0 Å². The van der Waals surface area contributed by atoms with E-state index in [2.05, 4.69) is 0 Å². The second-order valence-corrected chi connectivity index (χ2v) is 6.39. The number of carboxylic acid groups (broad SMARTS) is 1. The molecule has 0 fully saturated rings. The van der Waals surface area contributed by atoms with Crippen LogP contribution in [0.3, 0.4) is 0 Å². The molecule has 5 nitrogen and oxygen atoms in total. The third-order valence-electron chi connectivity index (χ3n) is 3.77. The van der Waals surface area contributed by atoms with Gasteiger partial charge in [-0.15, -0.1) is 0 Å².